The number of nitrogens with one attached hydrogen (secondary N) is 1. The van der Waals surface area contributed by atoms with Gasteiger partial charge in [0.25, 0.3) is 0 Å². The van der Waals surface area contributed by atoms with E-state index in [0.717, 1.165) is 32.7 Å². The van der Waals surface area contributed by atoms with Crippen molar-refractivity contribution in [2.45, 2.75) is 39.5 Å². The fourth-order valence-electron chi connectivity index (χ4n) is 2.34. The molecule has 0 aliphatic heterocycles. The van der Waals surface area contributed by atoms with Gasteiger partial charge in [-0.2, -0.15) is 0 Å². The maximum atomic E-state index is 3.57. The minimum atomic E-state index is 0.253. The summed E-state index contributed by atoms with van der Waals surface area (Å²) in [6.45, 7) is 14.7. The van der Waals surface area contributed by atoms with Crippen molar-refractivity contribution in [1.29, 1.82) is 0 Å². The summed E-state index contributed by atoms with van der Waals surface area (Å²) in [4.78, 5) is 2.45. The van der Waals surface area contributed by atoms with Crippen LogP contribution < -0.4 is 5.32 Å². The molecule has 0 radical (unpaired) electrons. The van der Waals surface area contributed by atoms with Gasteiger partial charge in [-0.15, -0.1) is 0 Å². The molecule has 1 aromatic rings. The number of nitrogens with zero attached hydrogens (tertiary/aromatic N) is 1. The number of likely N-dealkylation sites (N-methyl/N-ethyl adjacent to an activating group) is 1. The zero-order valence-electron chi connectivity index (χ0n) is 13.1. The topological polar surface area (TPSA) is 15.3 Å². The van der Waals surface area contributed by atoms with Crippen LogP contribution in [0.3, 0.4) is 0 Å². The molecule has 1 rings (SSSR count). The number of hydrogen-bond acceptors (Lipinski definition) is 2. The van der Waals surface area contributed by atoms with Crippen LogP contribution in [0.1, 0.15) is 39.7 Å². The Labute approximate surface area is 119 Å². The van der Waals surface area contributed by atoms with Gasteiger partial charge in [0, 0.05) is 13.1 Å². The Balaban J connectivity index is 2.25. The molecule has 0 atom stereocenters. The molecule has 0 spiro atoms. The number of rotatable bonds is 9. The first-order chi connectivity index (χ1) is 9.10. The number of hydrogen-bond donors (Lipinski definition) is 1. The van der Waals surface area contributed by atoms with E-state index in [1.165, 1.54) is 12.0 Å². The quantitative estimate of drug-likeness (QED) is 0.687. The van der Waals surface area contributed by atoms with Gasteiger partial charge in [-0.25, -0.2) is 0 Å². The summed E-state index contributed by atoms with van der Waals surface area (Å²) in [5.41, 5.74) is 1.68. The lowest BCUT2D eigenvalue weighted by atomic mass is 9.81. The fraction of sp³-hybridized carbons (Fsp3) is 0.647. The van der Waals surface area contributed by atoms with Crippen molar-refractivity contribution in [3.05, 3.63) is 35.9 Å². The molecular formula is C17H30N2. The van der Waals surface area contributed by atoms with Gasteiger partial charge in [0.05, 0.1) is 0 Å². The minimum Gasteiger partial charge on any atom is -0.315 e. The van der Waals surface area contributed by atoms with E-state index in [0.29, 0.717) is 0 Å². The molecule has 0 saturated carbocycles. The molecule has 0 fully saturated rings. The monoisotopic (exact) mass is 262 g/mol. The largest absolute Gasteiger partial charge is 0.315 e. The van der Waals surface area contributed by atoms with Crippen LogP contribution >= 0.6 is 0 Å². The van der Waals surface area contributed by atoms with E-state index in [9.17, 15) is 0 Å². The Hall–Kier alpha value is -0.860. The molecule has 1 N–H and O–H groups in total. The third-order valence-corrected chi connectivity index (χ3v) is 3.98. The summed E-state index contributed by atoms with van der Waals surface area (Å²) in [7, 11) is 0. The fourth-order valence-corrected chi connectivity index (χ4v) is 2.34. The zero-order chi connectivity index (χ0) is 14.1. The average Bonchev–Trinajstić information content (AvgIpc) is 2.44. The molecular weight excluding hydrogens is 232 g/mol. The summed E-state index contributed by atoms with van der Waals surface area (Å²) < 4.78 is 0. The smallest absolute Gasteiger partial charge is 0.0107 e. The van der Waals surface area contributed by atoms with Gasteiger partial charge in [0.2, 0.25) is 0 Å². The van der Waals surface area contributed by atoms with Crippen molar-refractivity contribution in [3.8, 4) is 0 Å². The molecule has 0 unspecified atom stereocenters. The molecule has 0 amide bonds. The first kappa shape index (κ1) is 16.2. The van der Waals surface area contributed by atoms with E-state index in [1.807, 2.05) is 0 Å². The van der Waals surface area contributed by atoms with Gasteiger partial charge in [0.1, 0.15) is 0 Å². The molecule has 0 aliphatic carbocycles. The van der Waals surface area contributed by atoms with Gasteiger partial charge in [-0.05, 0) is 37.0 Å². The Morgan fingerprint density at radius 1 is 1.00 bits per heavy atom. The van der Waals surface area contributed by atoms with Crippen molar-refractivity contribution < 1.29 is 0 Å². The standard InChI is InChI=1S/C17H30N2/c1-5-19(6-2)15-14-18-13-12-17(3,4)16-10-8-7-9-11-16/h7-11,18H,5-6,12-15H2,1-4H3. The molecule has 0 heterocycles. The summed E-state index contributed by atoms with van der Waals surface area (Å²) in [5.74, 6) is 0. The van der Waals surface area contributed by atoms with Gasteiger partial charge >= 0.3 is 0 Å². The van der Waals surface area contributed by atoms with Gasteiger partial charge < -0.3 is 10.2 Å². The van der Waals surface area contributed by atoms with Crippen molar-refractivity contribution in [3.63, 3.8) is 0 Å². The summed E-state index contributed by atoms with van der Waals surface area (Å²) in [5, 5.41) is 3.57. The van der Waals surface area contributed by atoms with Crippen LogP contribution in [0.5, 0.6) is 0 Å². The van der Waals surface area contributed by atoms with Crippen LogP contribution in [0.2, 0.25) is 0 Å². The maximum absolute atomic E-state index is 3.57. The second kappa shape index (κ2) is 8.34. The Kier molecular flexibility index (Phi) is 7.11. The van der Waals surface area contributed by atoms with Crippen molar-refractivity contribution in [1.82, 2.24) is 10.2 Å². The molecule has 1 aromatic carbocycles. The lowest BCUT2D eigenvalue weighted by Gasteiger charge is -2.26. The average molecular weight is 262 g/mol. The SMILES string of the molecule is CCN(CC)CCNCCC(C)(C)c1ccccc1. The first-order valence-electron chi connectivity index (χ1n) is 7.58. The minimum absolute atomic E-state index is 0.253. The van der Waals surface area contributed by atoms with Crippen molar-refractivity contribution in [2.24, 2.45) is 0 Å². The van der Waals surface area contributed by atoms with Gasteiger partial charge in [0.15, 0.2) is 0 Å². The third-order valence-electron chi connectivity index (χ3n) is 3.98. The maximum Gasteiger partial charge on any atom is 0.0107 e. The van der Waals surface area contributed by atoms with E-state index in [4.69, 9.17) is 0 Å². The lowest BCUT2D eigenvalue weighted by Crippen LogP contribution is -2.33. The van der Waals surface area contributed by atoms with E-state index >= 15 is 0 Å². The molecule has 0 saturated heterocycles. The molecule has 2 nitrogen and oxygen atoms in total. The Morgan fingerprint density at radius 2 is 1.63 bits per heavy atom. The molecule has 108 valence electrons. The summed E-state index contributed by atoms with van der Waals surface area (Å²) in [6, 6.07) is 10.8. The van der Waals surface area contributed by atoms with Gasteiger partial charge in [-0.3, -0.25) is 0 Å². The predicted octanol–water partition coefficient (Wildman–Crippen LogP) is 3.29. The van der Waals surface area contributed by atoms with Crippen LogP contribution in [0.15, 0.2) is 30.3 Å². The molecule has 2 heteroatoms. The van der Waals surface area contributed by atoms with E-state index < -0.39 is 0 Å². The van der Waals surface area contributed by atoms with Crippen LogP contribution in [-0.2, 0) is 5.41 Å². The second-order valence-corrected chi connectivity index (χ2v) is 5.78. The third kappa shape index (κ3) is 5.75. The Morgan fingerprint density at radius 3 is 2.21 bits per heavy atom. The van der Waals surface area contributed by atoms with Crippen molar-refractivity contribution in [2.75, 3.05) is 32.7 Å². The Bertz CT molecular complexity index is 328. The highest BCUT2D eigenvalue weighted by atomic mass is 15.1. The highest BCUT2D eigenvalue weighted by molar-refractivity contribution is 5.23. The van der Waals surface area contributed by atoms with Gasteiger partial charge in [-0.1, -0.05) is 58.0 Å². The highest BCUT2D eigenvalue weighted by Gasteiger charge is 2.19. The van der Waals surface area contributed by atoms with E-state index in [2.05, 4.69) is 68.2 Å². The molecule has 0 aliphatic rings. The second-order valence-electron chi connectivity index (χ2n) is 5.78. The summed E-state index contributed by atoms with van der Waals surface area (Å²) in [6.07, 6.45) is 1.18. The zero-order valence-corrected chi connectivity index (χ0v) is 13.1. The summed E-state index contributed by atoms with van der Waals surface area (Å²) >= 11 is 0. The first-order valence-corrected chi connectivity index (χ1v) is 7.58. The molecule has 0 bridgehead atoms. The van der Waals surface area contributed by atoms with E-state index in [1.54, 1.807) is 0 Å². The normalized spacial score (nSPS) is 12.1. The van der Waals surface area contributed by atoms with Crippen LogP contribution in [0, 0.1) is 0 Å². The highest BCUT2D eigenvalue weighted by Crippen LogP contribution is 2.25. The lowest BCUT2D eigenvalue weighted by molar-refractivity contribution is 0.300. The number of benzene rings is 1. The predicted molar refractivity (Wildman–Crippen MR) is 84.7 cm³/mol. The molecule has 0 aromatic heterocycles. The van der Waals surface area contributed by atoms with Crippen LogP contribution in [0.25, 0.3) is 0 Å². The van der Waals surface area contributed by atoms with Crippen molar-refractivity contribution >= 4 is 0 Å². The van der Waals surface area contributed by atoms with Crippen LogP contribution in [-0.4, -0.2) is 37.6 Å². The molecule has 19 heavy (non-hydrogen) atoms. The van der Waals surface area contributed by atoms with Crippen LogP contribution in [0.4, 0.5) is 0 Å². The van der Waals surface area contributed by atoms with E-state index in [-0.39, 0.29) is 5.41 Å².